The van der Waals surface area contributed by atoms with Crippen molar-refractivity contribution in [3.8, 4) is 5.75 Å². The van der Waals surface area contributed by atoms with Crippen molar-refractivity contribution in [1.82, 2.24) is 9.80 Å². The van der Waals surface area contributed by atoms with Crippen LogP contribution >= 0.6 is 12.4 Å². The maximum atomic E-state index is 12.4. The highest BCUT2D eigenvalue weighted by molar-refractivity contribution is 5.85. The average Bonchev–Trinajstić information content (AvgIpc) is 2.54. The third-order valence-corrected chi connectivity index (χ3v) is 4.02. The van der Waals surface area contributed by atoms with Crippen molar-refractivity contribution in [1.29, 1.82) is 0 Å². The number of ether oxygens (including phenoxy) is 1. The molecule has 2 N–H and O–H groups in total. The van der Waals surface area contributed by atoms with E-state index >= 15 is 0 Å². The number of benzene rings is 1. The van der Waals surface area contributed by atoms with E-state index in [4.69, 9.17) is 10.5 Å². The average molecular weight is 382 g/mol. The highest BCUT2D eigenvalue weighted by Crippen LogP contribution is 2.18. The van der Waals surface area contributed by atoms with Crippen LogP contribution in [0.3, 0.4) is 0 Å². The molecule has 0 bridgehead atoms. The number of methoxy groups -OCH3 is 1. The van der Waals surface area contributed by atoms with Gasteiger partial charge in [0, 0.05) is 26.2 Å². The summed E-state index contributed by atoms with van der Waals surface area (Å²) in [5.41, 5.74) is 6.88. The van der Waals surface area contributed by atoms with Crippen LogP contribution in [0.1, 0.15) is 5.56 Å². The highest BCUT2D eigenvalue weighted by atomic mass is 35.5. The molecule has 0 spiro atoms. The fraction of sp³-hybridized carbons (Fsp3) is 0.562. The molecule has 25 heavy (non-hydrogen) atoms. The first-order chi connectivity index (χ1) is 11.3. The van der Waals surface area contributed by atoms with Gasteiger partial charge in [0.05, 0.1) is 19.7 Å². The fourth-order valence-corrected chi connectivity index (χ4v) is 2.72. The summed E-state index contributed by atoms with van der Waals surface area (Å²) < 4.78 is 42.2. The second-order valence-corrected chi connectivity index (χ2v) is 5.88. The van der Waals surface area contributed by atoms with E-state index in [9.17, 15) is 18.0 Å². The number of carbonyl (C=O) groups excluding carboxylic acids is 1. The van der Waals surface area contributed by atoms with E-state index in [1.807, 2.05) is 12.1 Å². The van der Waals surface area contributed by atoms with E-state index in [-0.39, 0.29) is 44.5 Å². The number of carbonyl (C=O) groups is 1. The molecule has 1 aliphatic heterocycles. The van der Waals surface area contributed by atoms with Crippen LogP contribution < -0.4 is 10.5 Å². The predicted octanol–water partition coefficient (Wildman–Crippen LogP) is 1.69. The number of nitrogens with zero attached hydrogens (tertiary/aromatic N) is 2. The van der Waals surface area contributed by atoms with E-state index in [0.29, 0.717) is 6.42 Å². The Bertz CT molecular complexity index is 547. The molecular weight excluding hydrogens is 359 g/mol. The van der Waals surface area contributed by atoms with Gasteiger partial charge < -0.3 is 15.4 Å². The fourth-order valence-electron chi connectivity index (χ4n) is 2.72. The van der Waals surface area contributed by atoms with E-state index in [0.717, 1.165) is 11.3 Å². The van der Waals surface area contributed by atoms with Crippen LogP contribution in [0.25, 0.3) is 0 Å². The monoisotopic (exact) mass is 381 g/mol. The zero-order chi connectivity index (χ0) is 17.7. The van der Waals surface area contributed by atoms with Gasteiger partial charge in [-0.2, -0.15) is 13.2 Å². The molecule has 0 aliphatic carbocycles. The third kappa shape index (κ3) is 6.72. The van der Waals surface area contributed by atoms with Crippen LogP contribution in [0.4, 0.5) is 13.2 Å². The van der Waals surface area contributed by atoms with E-state index < -0.39 is 18.8 Å². The first kappa shape index (κ1) is 21.5. The Morgan fingerprint density at radius 2 is 1.76 bits per heavy atom. The standard InChI is InChI=1S/C16H22F3N3O2.ClH/c1-24-13-4-2-12(3-5-13)10-14(20)15(23)22-8-6-21(7-9-22)11-16(17,18)19;/h2-5,14H,6-11,20H2,1H3;1H/t14-;/m0./s1. The Morgan fingerprint density at radius 3 is 2.24 bits per heavy atom. The summed E-state index contributed by atoms with van der Waals surface area (Å²) in [4.78, 5) is 15.2. The lowest BCUT2D eigenvalue weighted by atomic mass is 10.0. The van der Waals surface area contributed by atoms with Gasteiger partial charge in [0.15, 0.2) is 0 Å². The van der Waals surface area contributed by atoms with Crippen LogP contribution in [-0.2, 0) is 11.2 Å². The van der Waals surface area contributed by atoms with E-state index in [1.165, 1.54) is 4.90 Å². The minimum Gasteiger partial charge on any atom is -0.497 e. The van der Waals surface area contributed by atoms with Gasteiger partial charge in [-0.05, 0) is 24.1 Å². The molecule has 1 aliphatic rings. The molecule has 1 fully saturated rings. The Balaban J connectivity index is 0.00000312. The number of hydrogen-bond acceptors (Lipinski definition) is 4. The second kappa shape index (κ2) is 9.26. The Labute approximate surface area is 151 Å². The zero-order valence-electron chi connectivity index (χ0n) is 14.0. The van der Waals surface area contributed by atoms with Crippen LogP contribution in [0.15, 0.2) is 24.3 Å². The predicted molar refractivity (Wildman–Crippen MR) is 91.0 cm³/mol. The number of piperazine rings is 1. The number of amides is 1. The van der Waals surface area contributed by atoms with Crippen LogP contribution in [0.2, 0.25) is 0 Å². The molecule has 1 amide bonds. The Kier molecular flexibility index (Phi) is 7.98. The number of alkyl halides is 3. The maximum Gasteiger partial charge on any atom is 0.401 e. The summed E-state index contributed by atoms with van der Waals surface area (Å²) in [6, 6.07) is 6.57. The van der Waals surface area contributed by atoms with Gasteiger partial charge in [0.2, 0.25) is 5.91 Å². The second-order valence-electron chi connectivity index (χ2n) is 5.88. The van der Waals surface area contributed by atoms with Crippen molar-refractivity contribution in [3.05, 3.63) is 29.8 Å². The van der Waals surface area contributed by atoms with Crippen molar-refractivity contribution in [2.45, 2.75) is 18.6 Å². The molecule has 9 heteroatoms. The first-order valence-electron chi connectivity index (χ1n) is 7.75. The Hall–Kier alpha value is -1.51. The number of nitrogens with two attached hydrogens (primary N) is 1. The van der Waals surface area contributed by atoms with E-state index in [1.54, 1.807) is 24.1 Å². The lowest BCUT2D eigenvalue weighted by molar-refractivity contribution is -0.152. The summed E-state index contributed by atoms with van der Waals surface area (Å²) in [7, 11) is 1.57. The zero-order valence-corrected chi connectivity index (χ0v) is 14.8. The smallest absolute Gasteiger partial charge is 0.401 e. The van der Waals surface area contributed by atoms with Gasteiger partial charge in [-0.25, -0.2) is 0 Å². The topological polar surface area (TPSA) is 58.8 Å². The van der Waals surface area contributed by atoms with Crippen LogP contribution in [0, 0.1) is 0 Å². The summed E-state index contributed by atoms with van der Waals surface area (Å²) in [5.74, 6) is 0.497. The minimum absolute atomic E-state index is 0. The normalized spacial score (nSPS) is 16.9. The molecule has 142 valence electrons. The van der Waals surface area contributed by atoms with Gasteiger partial charge >= 0.3 is 6.18 Å². The van der Waals surface area contributed by atoms with Crippen molar-refractivity contribution >= 4 is 18.3 Å². The van der Waals surface area contributed by atoms with Crippen LogP contribution in [0.5, 0.6) is 5.75 Å². The molecule has 1 aromatic carbocycles. The summed E-state index contributed by atoms with van der Waals surface area (Å²) in [6.07, 6.45) is -3.83. The maximum absolute atomic E-state index is 12.4. The molecule has 0 unspecified atom stereocenters. The largest absolute Gasteiger partial charge is 0.497 e. The van der Waals surface area contributed by atoms with Gasteiger partial charge in [0.1, 0.15) is 5.75 Å². The molecular formula is C16H23ClF3N3O2. The quantitative estimate of drug-likeness (QED) is 0.843. The minimum atomic E-state index is -4.21. The van der Waals surface area contributed by atoms with Gasteiger partial charge in [0.25, 0.3) is 0 Å². The summed E-state index contributed by atoms with van der Waals surface area (Å²) >= 11 is 0. The lowest BCUT2D eigenvalue weighted by Gasteiger charge is -2.36. The molecule has 1 aromatic rings. The third-order valence-electron chi connectivity index (χ3n) is 4.02. The molecule has 0 saturated carbocycles. The lowest BCUT2D eigenvalue weighted by Crippen LogP contribution is -2.54. The summed E-state index contributed by atoms with van der Waals surface area (Å²) in [5, 5.41) is 0. The number of halogens is 4. The van der Waals surface area contributed by atoms with Gasteiger partial charge in [-0.3, -0.25) is 9.69 Å². The number of hydrogen-bond donors (Lipinski definition) is 1. The van der Waals surface area contributed by atoms with Crippen LogP contribution in [-0.4, -0.2) is 67.8 Å². The molecule has 1 saturated heterocycles. The van der Waals surface area contributed by atoms with Gasteiger partial charge in [-0.1, -0.05) is 12.1 Å². The molecule has 1 heterocycles. The summed E-state index contributed by atoms with van der Waals surface area (Å²) in [6.45, 7) is 0.0182. The first-order valence-corrected chi connectivity index (χ1v) is 7.75. The van der Waals surface area contributed by atoms with Gasteiger partial charge in [-0.15, -0.1) is 12.4 Å². The van der Waals surface area contributed by atoms with Crippen molar-refractivity contribution in [2.24, 2.45) is 5.73 Å². The van der Waals surface area contributed by atoms with Crippen molar-refractivity contribution < 1.29 is 22.7 Å². The number of rotatable bonds is 5. The Morgan fingerprint density at radius 1 is 1.20 bits per heavy atom. The molecule has 0 aromatic heterocycles. The molecule has 1 atom stereocenters. The molecule has 0 radical (unpaired) electrons. The SMILES string of the molecule is COc1ccc(C[C@H](N)C(=O)N2CCN(CC(F)(F)F)CC2)cc1.Cl. The van der Waals surface area contributed by atoms with E-state index in [2.05, 4.69) is 0 Å². The molecule has 2 rings (SSSR count). The highest BCUT2D eigenvalue weighted by Gasteiger charge is 2.33. The van der Waals surface area contributed by atoms with Crippen molar-refractivity contribution in [3.63, 3.8) is 0 Å². The van der Waals surface area contributed by atoms with Crippen molar-refractivity contribution in [2.75, 3.05) is 39.8 Å². The molecule has 5 nitrogen and oxygen atoms in total.